The largest absolute Gasteiger partial charge is 0.433 e. The second-order valence-corrected chi connectivity index (χ2v) is 6.92. The van der Waals surface area contributed by atoms with E-state index < -0.39 is 16.7 Å². The monoisotopic (exact) mass is 422 g/mol. The predicted molar refractivity (Wildman–Crippen MR) is 110 cm³/mol. The van der Waals surface area contributed by atoms with E-state index in [9.17, 15) is 19.7 Å². The minimum Gasteiger partial charge on any atom is -0.395 e. The lowest BCUT2D eigenvalue weighted by atomic mass is 10.1. The molecule has 0 atom stereocenters. The lowest BCUT2D eigenvalue weighted by molar-refractivity contribution is -0.402. The van der Waals surface area contributed by atoms with Gasteiger partial charge in [0.2, 0.25) is 0 Å². The maximum absolute atomic E-state index is 12.8. The average Bonchev–Trinajstić information content (AvgIpc) is 3.40. The van der Waals surface area contributed by atoms with Gasteiger partial charge in [0.1, 0.15) is 16.6 Å². The normalized spacial score (nSPS) is 11.0. The van der Waals surface area contributed by atoms with E-state index in [-0.39, 0.29) is 24.4 Å². The Kier molecular flexibility index (Phi) is 5.31. The Labute approximate surface area is 175 Å². The van der Waals surface area contributed by atoms with Crippen molar-refractivity contribution in [2.75, 3.05) is 6.54 Å². The van der Waals surface area contributed by atoms with Gasteiger partial charge in [-0.2, -0.15) is 5.10 Å². The molecule has 11 nitrogen and oxygen atoms in total. The third kappa shape index (κ3) is 4.20. The van der Waals surface area contributed by atoms with Crippen molar-refractivity contribution in [2.45, 2.75) is 20.0 Å². The fourth-order valence-electron chi connectivity index (χ4n) is 3.07. The van der Waals surface area contributed by atoms with E-state index in [1.54, 1.807) is 0 Å². The summed E-state index contributed by atoms with van der Waals surface area (Å²) in [7, 11) is 0. The minimum absolute atomic E-state index is 0.158. The van der Waals surface area contributed by atoms with Crippen molar-refractivity contribution in [1.29, 1.82) is 0 Å². The van der Waals surface area contributed by atoms with Crippen LogP contribution < -0.4 is 10.9 Å². The van der Waals surface area contributed by atoms with Gasteiger partial charge in [-0.3, -0.25) is 24.3 Å². The third-order valence-electron chi connectivity index (χ3n) is 4.70. The molecule has 0 fully saturated rings. The summed E-state index contributed by atoms with van der Waals surface area (Å²) in [4.78, 5) is 39.1. The highest BCUT2D eigenvalue weighted by molar-refractivity contribution is 5.91. The molecule has 4 rings (SSSR count). The van der Waals surface area contributed by atoms with Gasteiger partial charge in [-0.25, -0.2) is 9.67 Å². The highest BCUT2D eigenvalue weighted by Crippen LogP contribution is 2.15. The quantitative estimate of drug-likeness (QED) is 0.354. The van der Waals surface area contributed by atoms with Crippen LogP contribution in [0.1, 0.15) is 21.7 Å². The first-order valence-electron chi connectivity index (χ1n) is 9.41. The number of nitrogens with zero attached hydrogens (tertiary/aromatic N) is 5. The third-order valence-corrected chi connectivity index (χ3v) is 4.70. The molecule has 0 aliphatic carbocycles. The van der Waals surface area contributed by atoms with Crippen LogP contribution >= 0.6 is 0 Å². The van der Waals surface area contributed by atoms with Gasteiger partial charge >= 0.3 is 5.88 Å². The number of benzene rings is 1. The van der Waals surface area contributed by atoms with Gasteiger partial charge in [0.05, 0.1) is 25.4 Å². The number of aromatic nitrogens is 4. The van der Waals surface area contributed by atoms with Crippen molar-refractivity contribution in [3.05, 3.63) is 86.3 Å². The highest BCUT2D eigenvalue weighted by atomic mass is 16.6. The summed E-state index contributed by atoms with van der Waals surface area (Å²) in [6.07, 6.45) is 2.93. The van der Waals surface area contributed by atoms with E-state index >= 15 is 0 Å². The van der Waals surface area contributed by atoms with E-state index in [0.717, 1.165) is 17.2 Å². The van der Waals surface area contributed by atoms with Gasteiger partial charge in [0.15, 0.2) is 11.4 Å². The first kappa shape index (κ1) is 20.0. The van der Waals surface area contributed by atoms with E-state index in [2.05, 4.69) is 15.4 Å². The van der Waals surface area contributed by atoms with Crippen LogP contribution in [-0.2, 0) is 13.1 Å². The zero-order chi connectivity index (χ0) is 22.0. The molecule has 31 heavy (non-hydrogen) atoms. The van der Waals surface area contributed by atoms with E-state index in [1.807, 2.05) is 31.2 Å². The number of fused-ring (bicyclic) bond motifs is 1. The van der Waals surface area contributed by atoms with Gasteiger partial charge in [0, 0.05) is 6.54 Å². The van der Waals surface area contributed by atoms with Crippen molar-refractivity contribution >= 4 is 22.8 Å². The number of aryl methyl sites for hydroxylation is 1. The summed E-state index contributed by atoms with van der Waals surface area (Å²) in [5.41, 5.74) is 2.34. The molecular weight excluding hydrogens is 404 g/mol. The lowest BCUT2D eigenvalue weighted by Crippen LogP contribution is -2.27. The summed E-state index contributed by atoms with van der Waals surface area (Å²) in [5.74, 6) is -1.25. The topological polar surface area (TPSA) is 138 Å². The molecular formula is C20H18N6O5. The Morgan fingerprint density at radius 3 is 2.71 bits per heavy atom. The molecule has 1 N–H and O–H groups in total. The van der Waals surface area contributed by atoms with Gasteiger partial charge < -0.3 is 9.73 Å². The SMILES string of the molecule is Cc1ccc(Cn2cnc3c(cnn3CCNC(=O)c3ccc([N+](=O)[O-])o3)c2=O)cc1. The molecule has 11 heteroatoms. The first-order chi connectivity index (χ1) is 14.9. The second kappa shape index (κ2) is 8.22. The fraction of sp³-hybridized carbons (Fsp3) is 0.200. The molecule has 0 radical (unpaired) electrons. The molecule has 0 spiro atoms. The zero-order valence-corrected chi connectivity index (χ0v) is 16.5. The number of hydrogen-bond acceptors (Lipinski definition) is 7. The van der Waals surface area contributed by atoms with E-state index in [0.29, 0.717) is 17.6 Å². The average molecular weight is 422 g/mol. The molecule has 0 unspecified atom stereocenters. The zero-order valence-electron chi connectivity index (χ0n) is 16.5. The van der Waals surface area contributed by atoms with Crippen molar-refractivity contribution in [3.8, 4) is 0 Å². The number of nitrogens with one attached hydrogen (secondary N) is 1. The Morgan fingerprint density at radius 1 is 1.23 bits per heavy atom. The summed E-state index contributed by atoms with van der Waals surface area (Å²) < 4.78 is 7.89. The van der Waals surface area contributed by atoms with Crippen molar-refractivity contribution < 1.29 is 14.1 Å². The Balaban J connectivity index is 1.43. The molecule has 1 aromatic carbocycles. The van der Waals surface area contributed by atoms with Crippen molar-refractivity contribution in [1.82, 2.24) is 24.6 Å². The highest BCUT2D eigenvalue weighted by Gasteiger charge is 2.17. The fourth-order valence-corrected chi connectivity index (χ4v) is 3.07. The molecule has 3 aromatic heterocycles. The molecule has 158 valence electrons. The van der Waals surface area contributed by atoms with Crippen LogP contribution in [0.5, 0.6) is 0 Å². The second-order valence-electron chi connectivity index (χ2n) is 6.92. The van der Waals surface area contributed by atoms with Crippen LogP contribution in [0, 0.1) is 17.0 Å². The van der Waals surface area contributed by atoms with Crippen molar-refractivity contribution in [2.24, 2.45) is 0 Å². The van der Waals surface area contributed by atoms with Crippen LogP contribution in [0.4, 0.5) is 5.88 Å². The number of amides is 1. The van der Waals surface area contributed by atoms with Crippen LogP contribution in [-0.4, -0.2) is 36.7 Å². The Morgan fingerprint density at radius 2 is 2.00 bits per heavy atom. The van der Waals surface area contributed by atoms with Crippen LogP contribution in [0.15, 0.2) is 58.1 Å². The maximum atomic E-state index is 12.8. The molecule has 1 amide bonds. The van der Waals surface area contributed by atoms with Crippen LogP contribution in [0.3, 0.4) is 0 Å². The molecule has 0 saturated heterocycles. The molecule has 4 aromatic rings. The summed E-state index contributed by atoms with van der Waals surface area (Å²) in [6.45, 7) is 2.82. The summed E-state index contributed by atoms with van der Waals surface area (Å²) in [6, 6.07) is 10.2. The number of carbonyl (C=O) groups is 1. The minimum atomic E-state index is -0.718. The number of carbonyl (C=O) groups excluding carboxylic acids is 1. The van der Waals surface area contributed by atoms with Crippen LogP contribution in [0.2, 0.25) is 0 Å². The van der Waals surface area contributed by atoms with Gasteiger partial charge in [-0.15, -0.1) is 0 Å². The van der Waals surface area contributed by atoms with Gasteiger partial charge in [-0.05, 0) is 18.6 Å². The summed E-state index contributed by atoms with van der Waals surface area (Å²) >= 11 is 0. The Bertz CT molecular complexity index is 1320. The van der Waals surface area contributed by atoms with E-state index in [4.69, 9.17) is 4.42 Å². The number of nitro groups is 1. The maximum Gasteiger partial charge on any atom is 0.433 e. The van der Waals surface area contributed by atoms with E-state index in [1.165, 1.54) is 27.8 Å². The molecule has 3 heterocycles. The summed E-state index contributed by atoms with van der Waals surface area (Å²) in [5, 5.41) is 17.8. The van der Waals surface area contributed by atoms with Gasteiger partial charge in [0.25, 0.3) is 11.5 Å². The van der Waals surface area contributed by atoms with Crippen LogP contribution in [0.25, 0.3) is 11.0 Å². The molecule has 0 bridgehead atoms. The predicted octanol–water partition coefficient (Wildman–Crippen LogP) is 1.88. The standard InChI is InChI=1S/C20H18N6O5/c1-13-2-4-14(5-3-13)11-24-12-22-18-15(20(24)28)10-23-25(18)9-8-21-19(27)16-6-7-17(31-16)26(29)30/h2-7,10,12H,8-9,11H2,1H3,(H,21,27). The number of rotatable bonds is 7. The Hall–Kier alpha value is -4.28. The number of furan rings is 1. The lowest BCUT2D eigenvalue weighted by Gasteiger charge is -2.07. The first-order valence-corrected chi connectivity index (χ1v) is 9.41. The van der Waals surface area contributed by atoms with Gasteiger partial charge in [-0.1, -0.05) is 29.8 Å². The molecule has 0 saturated carbocycles. The smallest absolute Gasteiger partial charge is 0.395 e. The molecule has 0 aliphatic heterocycles. The number of hydrogen-bond donors (Lipinski definition) is 1. The van der Waals surface area contributed by atoms with Crippen molar-refractivity contribution in [3.63, 3.8) is 0 Å². The molecule has 0 aliphatic rings.